The Balaban J connectivity index is 1.61. The Morgan fingerprint density at radius 3 is 2.42 bits per heavy atom. The second-order valence-electron chi connectivity index (χ2n) is 7.01. The van der Waals surface area contributed by atoms with Gasteiger partial charge in [0.05, 0.1) is 11.8 Å². The Labute approximate surface area is 155 Å². The van der Waals surface area contributed by atoms with Crippen molar-refractivity contribution in [3.63, 3.8) is 0 Å². The summed E-state index contributed by atoms with van der Waals surface area (Å²) < 4.78 is 5.93. The van der Waals surface area contributed by atoms with E-state index < -0.39 is 0 Å². The fourth-order valence-corrected chi connectivity index (χ4v) is 3.36. The first-order valence-electron chi connectivity index (χ1n) is 9.22. The van der Waals surface area contributed by atoms with Crippen molar-refractivity contribution in [2.45, 2.75) is 52.6 Å². The number of carbonyl (C=O) groups excluding carboxylic acids is 1. The van der Waals surface area contributed by atoms with Gasteiger partial charge < -0.3 is 4.74 Å². The molecule has 4 heteroatoms. The van der Waals surface area contributed by atoms with Crippen molar-refractivity contribution in [1.82, 2.24) is 5.43 Å². The van der Waals surface area contributed by atoms with Crippen molar-refractivity contribution in [3.05, 3.63) is 64.7 Å². The standard InChI is InChI=1S/C22H26N2O2/c1-15-8-13-21(16(2)14-15)17(3)23-24-22(25)18-9-11-20(12-10-18)26-19-6-4-5-7-19/h8-14,19H,4-7H2,1-3H3,(H,24,25). The largest absolute Gasteiger partial charge is 0.490 e. The van der Waals surface area contributed by atoms with Crippen LogP contribution in [-0.2, 0) is 0 Å². The minimum atomic E-state index is -0.221. The third-order valence-corrected chi connectivity index (χ3v) is 4.82. The molecule has 0 spiro atoms. The van der Waals surface area contributed by atoms with Crippen molar-refractivity contribution in [2.75, 3.05) is 0 Å². The molecule has 0 atom stereocenters. The van der Waals surface area contributed by atoms with Gasteiger partial charge in [0, 0.05) is 11.1 Å². The summed E-state index contributed by atoms with van der Waals surface area (Å²) in [5.74, 6) is 0.602. The highest BCUT2D eigenvalue weighted by Gasteiger charge is 2.16. The van der Waals surface area contributed by atoms with Crippen molar-refractivity contribution in [1.29, 1.82) is 0 Å². The zero-order valence-electron chi connectivity index (χ0n) is 15.7. The number of rotatable bonds is 5. The zero-order valence-corrected chi connectivity index (χ0v) is 15.7. The highest BCUT2D eigenvalue weighted by atomic mass is 16.5. The number of amides is 1. The van der Waals surface area contributed by atoms with Crippen molar-refractivity contribution in [3.8, 4) is 5.75 Å². The number of aryl methyl sites for hydroxylation is 2. The molecule has 1 amide bonds. The molecule has 0 heterocycles. The summed E-state index contributed by atoms with van der Waals surface area (Å²) in [6, 6.07) is 13.5. The van der Waals surface area contributed by atoms with Gasteiger partial charge >= 0.3 is 0 Å². The van der Waals surface area contributed by atoms with Crippen molar-refractivity contribution < 1.29 is 9.53 Å². The third-order valence-electron chi connectivity index (χ3n) is 4.82. The predicted octanol–water partition coefficient (Wildman–Crippen LogP) is 4.78. The molecule has 0 aliphatic heterocycles. The normalized spacial score (nSPS) is 15.1. The highest BCUT2D eigenvalue weighted by Crippen LogP contribution is 2.24. The molecule has 0 radical (unpaired) electrons. The van der Waals surface area contributed by atoms with Gasteiger partial charge in [0.2, 0.25) is 0 Å². The smallest absolute Gasteiger partial charge is 0.271 e. The number of benzene rings is 2. The number of carbonyl (C=O) groups is 1. The lowest BCUT2D eigenvalue weighted by atomic mass is 10.0. The quantitative estimate of drug-likeness (QED) is 0.623. The van der Waals surface area contributed by atoms with Gasteiger partial charge in [-0.3, -0.25) is 4.79 Å². The van der Waals surface area contributed by atoms with E-state index in [1.165, 1.54) is 18.4 Å². The molecule has 1 saturated carbocycles. The van der Waals surface area contributed by atoms with E-state index in [1.807, 2.05) is 38.1 Å². The molecule has 136 valence electrons. The van der Waals surface area contributed by atoms with Gasteiger partial charge in [-0.15, -0.1) is 0 Å². The molecule has 1 N–H and O–H groups in total. The Hall–Kier alpha value is -2.62. The average Bonchev–Trinajstić information content (AvgIpc) is 3.13. The van der Waals surface area contributed by atoms with Crippen LogP contribution in [0.4, 0.5) is 0 Å². The summed E-state index contributed by atoms with van der Waals surface area (Å²) in [5.41, 5.74) is 7.40. The SMILES string of the molecule is CC(=NNC(=O)c1ccc(OC2CCCC2)cc1)c1ccc(C)cc1C. The zero-order chi connectivity index (χ0) is 18.5. The fourth-order valence-electron chi connectivity index (χ4n) is 3.36. The van der Waals surface area contributed by atoms with E-state index in [-0.39, 0.29) is 5.91 Å². The highest BCUT2D eigenvalue weighted by molar-refractivity contribution is 6.01. The maximum atomic E-state index is 12.3. The minimum Gasteiger partial charge on any atom is -0.490 e. The van der Waals surface area contributed by atoms with Gasteiger partial charge in [0.1, 0.15) is 5.75 Å². The van der Waals surface area contributed by atoms with E-state index in [0.717, 1.165) is 35.4 Å². The minimum absolute atomic E-state index is 0.221. The summed E-state index contributed by atoms with van der Waals surface area (Å²) >= 11 is 0. The van der Waals surface area contributed by atoms with E-state index in [2.05, 4.69) is 23.5 Å². The predicted molar refractivity (Wildman–Crippen MR) is 105 cm³/mol. The molecule has 2 aromatic carbocycles. The Morgan fingerprint density at radius 2 is 1.77 bits per heavy atom. The van der Waals surface area contributed by atoms with Crippen LogP contribution < -0.4 is 10.2 Å². The molecular weight excluding hydrogens is 324 g/mol. The van der Waals surface area contributed by atoms with Gasteiger partial charge in [0.25, 0.3) is 5.91 Å². The lowest BCUT2D eigenvalue weighted by Gasteiger charge is -2.13. The van der Waals surface area contributed by atoms with Crippen LogP contribution in [0.25, 0.3) is 0 Å². The van der Waals surface area contributed by atoms with Crippen molar-refractivity contribution >= 4 is 11.6 Å². The first-order valence-corrected chi connectivity index (χ1v) is 9.22. The number of hydrogen-bond donors (Lipinski definition) is 1. The van der Waals surface area contributed by atoms with Gasteiger partial charge in [0.15, 0.2) is 0 Å². The number of nitrogens with zero attached hydrogens (tertiary/aromatic N) is 1. The molecule has 0 aromatic heterocycles. The van der Waals surface area contributed by atoms with E-state index in [4.69, 9.17) is 4.74 Å². The van der Waals surface area contributed by atoms with E-state index in [9.17, 15) is 4.79 Å². The molecule has 1 aliphatic rings. The van der Waals surface area contributed by atoms with Gasteiger partial charge in [-0.2, -0.15) is 5.10 Å². The first-order chi connectivity index (χ1) is 12.5. The number of ether oxygens (including phenoxy) is 1. The summed E-state index contributed by atoms with van der Waals surface area (Å²) in [6.07, 6.45) is 5.04. The van der Waals surface area contributed by atoms with Crippen LogP contribution in [-0.4, -0.2) is 17.7 Å². The number of hydrogen-bond acceptors (Lipinski definition) is 3. The van der Waals surface area contributed by atoms with E-state index in [0.29, 0.717) is 11.7 Å². The Bertz CT molecular complexity index is 803. The van der Waals surface area contributed by atoms with Gasteiger partial charge in [-0.05, 0) is 76.3 Å². The summed E-state index contributed by atoms with van der Waals surface area (Å²) in [6.45, 7) is 6.01. The average molecular weight is 350 g/mol. The summed E-state index contributed by atoms with van der Waals surface area (Å²) in [7, 11) is 0. The second-order valence-corrected chi connectivity index (χ2v) is 7.01. The molecule has 4 nitrogen and oxygen atoms in total. The van der Waals surface area contributed by atoms with Crippen LogP contribution in [0, 0.1) is 13.8 Å². The molecule has 0 unspecified atom stereocenters. The van der Waals surface area contributed by atoms with E-state index in [1.54, 1.807) is 12.1 Å². The Kier molecular flexibility index (Phi) is 5.71. The Morgan fingerprint density at radius 1 is 1.08 bits per heavy atom. The maximum Gasteiger partial charge on any atom is 0.271 e. The number of nitrogens with one attached hydrogen (secondary N) is 1. The molecule has 1 fully saturated rings. The summed E-state index contributed by atoms with van der Waals surface area (Å²) in [5, 5.41) is 4.25. The van der Waals surface area contributed by atoms with Gasteiger partial charge in [-0.25, -0.2) is 5.43 Å². The molecule has 26 heavy (non-hydrogen) atoms. The summed E-state index contributed by atoms with van der Waals surface area (Å²) in [4.78, 5) is 12.3. The van der Waals surface area contributed by atoms with Crippen LogP contribution in [0.5, 0.6) is 5.75 Å². The monoisotopic (exact) mass is 350 g/mol. The van der Waals surface area contributed by atoms with Crippen LogP contribution >= 0.6 is 0 Å². The van der Waals surface area contributed by atoms with E-state index >= 15 is 0 Å². The molecule has 1 aliphatic carbocycles. The number of hydrazone groups is 1. The fraction of sp³-hybridized carbons (Fsp3) is 0.364. The lowest BCUT2D eigenvalue weighted by Crippen LogP contribution is -2.19. The first kappa shape index (κ1) is 18.2. The van der Waals surface area contributed by atoms with Gasteiger partial charge in [-0.1, -0.05) is 23.8 Å². The second kappa shape index (κ2) is 8.17. The third kappa shape index (κ3) is 4.51. The molecule has 2 aromatic rings. The van der Waals surface area contributed by atoms with Crippen LogP contribution in [0.1, 0.15) is 59.7 Å². The van der Waals surface area contributed by atoms with Crippen molar-refractivity contribution in [2.24, 2.45) is 5.10 Å². The van der Waals surface area contributed by atoms with Crippen LogP contribution in [0.3, 0.4) is 0 Å². The lowest BCUT2D eigenvalue weighted by molar-refractivity contribution is 0.0955. The van der Waals surface area contributed by atoms with Crippen LogP contribution in [0.15, 0.2) is 47.6 Å². The topological polar surface area (TPSA) is 50.7 Å². The molecule has 0 bridgehead atoms. The molecular formula is C22H26N2O2. The maximum absolute atomic E-state index is 12.3. The molecule has 3 rings (SSSR count). The molecule has 0 saturated heterocycles. The van der Waals surface area contributed by atoms with Crippen LogP contribution in [0.2, 0.25) is 0 Å².